The maximum absolute atomic E-state index is 11.7. The van der Waals surface area contributed by atoms with Gasteiger partial charge in [-0.05, 0) is 5.56 Å². The molecule has 0 atom stereocenters. The second-order valence-electron chi connectivity index (χ2n) is 5.88. The van der Waals surface area contributed by atoms with E-state index in [1.165, 1.54) is 11.3 Å². The van der Waals surface area contributed by atoms with E-state index >= 15 is 0 Å². The number of rotatable bonds is 6. The summed E-state index contributed by atoms with van der Waals surface area (Å²) in [5, 5.41) is 9.23. The molecule has 0 bridgehead atoms. The Morgan fingerprint density at radius 1 is 1.27 bits per heavy atom. The molecule has 0 saturated carbocycles. The van der Waals surface area contributed by atoms with Crippen LogP contribution in [0.25, 0.3) is 11.4 Å². The van der Waals surface area contributed by atoms with E-state index < -0.39 is 0 Å². The van der Waals surface area contributed by atoms with Crippen molar-refractivity contribution in [3.05, 3.63) is 46.8 Å². The minimum absolute atomic E-state index is 0. The van der Waals surface area contributed by atoms with Crippen molar-refractivity contribution in [2.45, 2.75) is 26.8 Å². The first-order valence-corrected chi connectivity index (χ1v) is 8.80. The smallest absolute Gasteiger partial charge is 0.233 e. The number of nitrogens with two attached hydrogens (primary N) is 1. The molecule has 2 aromatic heterocycles. The van der Waals surface area contributed by atoms with Crippen molar-refractivity contribution < 1.29 is 9.32 Å². The van der Waals surface area contributed by atoms with E-state index in [0.717, 1.165) is 16.8 Å². The predicted octanol–water partition coefficient (Wildman–Crippen LogP) is 3.26. The van der Waals surface area contributed by atoms with Gasteiger partial charge in [-0.25, -0.2) is 4.98 Å². The Morgan fingerprint density at radius 2 is 2.00 bits per heavy atom. The van der Waals surface area contributed by atoms with Crippen LogP contribution in [0, 0.1) is 5.92 Å². The van der Waals surface area contributed by atoms with Crippen molar-refractivity contribution in [1.82, 2.24) is 15.1 Å². The first kappa shape index (κ1) is 20.0. The molecule has 0 radical (unpaired) electrons. The summed E-state index contributed by atoms with van der Waals surface area (Å²) in [6, 6.07) is 7.71. The van der Waals surface area contributed by atoms with Crippen LogP contribution < -0.4 is 11.1 Å². The number of anilines is 1. The highest BCUT2D eigenvalue weighted by molar-refractivity contribution is 7.13. The van der Waals surface area contributed by atoms with Crippen LogP contribution in [0.4, 0.5) is 5.13 Å². The molecule has 0 saturated heterocycles. The van der Waals surface area contributed by atoms with Gasteiger partial charge in [0.2, 0.25) is 17.6 Å². The molecule has 1 aromatic carbocycles. The first-order valence-electron chi connectivity index (χ1n) is 7.92. The van der Waals surface area contributed by atoms with Gasteiger partial charge in [0.1, 0.15) is 0 Å². The Kier molecular flexibility index (Phi) is 6.84. The third kappa shape index (κ3) is 4.87. The monoisotopic (exact) mass is 393 g/mol. The van der Waals surface area contributed by atoms with E-state index in [2.05, 4.69) is 20.4 Å². The van der Waals surface area contributed by atoms with Crippen molar-refractivity contribution in [1.29, 1.82) is 0 Å². The van der Waals surface area contributed by atoms with Gasteiger partial charge in [-0.2, -0.15) is 4.98 Å². The summed E-state index contributed by atoms with van der Waals surface area (Å²) in [6.45, 7) is 4.17. The van der Waals surface area contributed by atoms with Crippen molar-refractivity contribution in [3.63, 3.8) is 0 Å². The van der Waals surface area contributed by atoms with Gasteiger partial charge in [0.05, 0.1) is 12.1 Å². The fourth-order valence-corrected chi connectivity index (χ4v) is 2.80. The van der Waals surface area contributed by atoms with Gasteiger partial charge in [-0.3, -0.25) is 4.79 Å². The molecular weight excluding hydrogens is 374 g/mol. The molecule has 26 heavy (non-hydrogen) atoms. The van der Waals surface area contributed by atoms with Crippen LogP contribution in [-0.2, 0) is 17.8 Å². The third-order valence-electron chi connectivity index (χ3n) is 3.55. The lowest BCUT2D eigenvalue weighted by Gasteiger charge is -2.03. The number of benzene rings is 1. The number of carbonyl (C=O) groups is 1. The van der Waals surface area contributed by atoms with E-state index in [0.29, 0.717) is 29.8 Å². The van der Waals surface area contributed by atoms with Crippen LogP contribution in [0.15, 0.2) is 34.2 Å². The largest absolute Gasteiger partial charge is 0.339 e. The van der Waals surface area contributed by atoms with Gasteiger partial charge in [-0.15, -0.1) is 23.7 Å². The van der Waals surface area contributed by atoms with Crippen LogP contribution in [0.1, 0.15) is 31.0 Å². The third-order valence-corrected chi connectivity index (χ3v) is 4.36. The fraction of sp³-hybridized carbons (Fsp3) is 0.294. The second kappa shape index (κ2) is 8.88. The van der Waals surface area contributed by atoms with Crippen molar-refractivity contribution in [2.75, 3.05) is 5.32 Å². The Bertz CT molecular complexity index is 860. The Morgan fingerprint density at radius 3 is 2.65 bits per heavy atom. The normalized spacial score (nSPS) is 10.6. The second-order valence-corrected chi connectivity index (χ2v) is 6.74. The van der Waals surface area contributed by atoms with Gasteiger partial charge >= 0.3 is 0 Å². The van der Waals surface area contributed by atoms with E-state index in [1.54, 1.807) is 0 Å². The highest BCUT2D eigenvalue weighted by atomic mass is 35.5. The summed E-state index contributed by atoms with van der Waals surface area (Å²) in [4.78, 5) is 20.5. The number of halogens is 1. The Hall–Kier alpha value is -2.29. The molecule has 0 aliphatic heterocycles. The molecule has 0 fully saturated rings. The maximum atomic E-state index is 11.7. The summed E-state index contributed by atoms with van der Waals surface area (Å²) < 4.78 is 5.30. The summed E-state index contributed by atoms with van der Waals surface area (Å²) in [7, 11) is 0. The van der Waals surface area contributed by atoms with Crippen molar-refractivity contribution >= 4 is 34.8 Å². The minimum atomic E-state index is -0.0866. The zero-order valence-corrected chi connectivity index (χ0v) is 16.1. The lowest BCUT2D eigenvalue weighted by molar-refractivity contribution is -0.118. The topological polar surface area (TPSA) is 107 Å². The summed E-state index contributed by atoms with van der Waals surface area (Å²) in [5.74, 6) is 0.866. The number of carbonyl (C=O) groups excluding carboxylic acids is 1. The summed E-state index contributed by atoms with van der Waals surface area (Å²) >= 11 is 1.38. The zero-order chi connectivity index (χ0) is 17.8. The fourth-order valence-electron chi connectivity index (χ4n) is 2.08. The molecule has 138 valence electrons. The number of thiazole rings is 1. The van der Waals surface area contributed by atoms with E-state index in [4.69, 9.17) is 10.3 Å². The quantitative estimate of drug-likeness (QED) is 0.665. The molecule has 7 nitrogen and oxygen atoms in total. The lowest BCUT2D eigenvalue weighted by atomic mass is 10.1. The number of nitrogens with one attached hydrogen (secondary N) is 1. The van der Waals surface area contributed by atoms with E-state index in [1.807, 2.05) is 43.5 Å². The van der Waals surface area contributed by atoms with Crippen LogP contribution in [-0.4, -0.2) is 21.0 Å². The molecule has 0 aliphatic rings. The average Bonchev–Trinajstić information content (AvgIpc) is 3.25. The molecule has 0 spiro atoms. The minimum Gasteiger partial charge on any atom is -0.339 e. The summed E-state index contributed by atoms with van der Waals surface area (Å²) in [6.07, 6.45) is 0.419. The summed E-state index contributed by atoms with van der Waals surface area (Å²) in [5.41, 5.74) is 8.29. The van der Waals surface area contributed by atoms with Gasteiger partial charge in [0.25, 0.3) is 0 Å². The zero-order valence-electron chi connectivity index (χ0n) is 14.4. The van der Waals surface area contributed by atoms with Gasteiger partial charge in [0, 0.05) is 23.4 Å². The van der Waals surface area contributed by atoms with Gasteiger partial charge < -0.3 is 15.6 Å². The van der Waals surface area contributed by atoms with E-state index in [9.17, 15) is 4.79 Å². The number of aromatic nitrogens is 3. The Labute approximate surface area is 161 Å². The molecule has 2 heterocycles. The molecule has 3 N–H and O–H groups in total. The predicted molar refractivity (Wildman–Crippen MR) is 103 cm³/mol. The highest BCUT2D eigenvalue weighted by Gasteiger charge is 2.13. The van der Waals surface area contributed by atoms with Crippen LogP contribution in [0.2, 0.25) is 0 Å². The number of nitrogens with zero attached hydrogens (tertiary/aromatic N) is 3. The molecule has 3 rings (SSSR count). The van der Waals surface area contributed by atoms with E-state index in [-0.39, 0.29) is 24.2 Å². The molecule has 9 heteroatoms. The molecule has 1 amide bonds. The first-order chi connectivity index (χ1) is 12.0. The number of hydrogen-bond donors (Lipinski definition) is 2. The molecular formula is C17H20ClN5O2S. The maximum Gasteiger partial charge on any atom is 0.233 e. The molecule has 3 aromatic rings. The standard InChI is InChI=1S/C17H19N5O2S.ClH/c1-10(2)16(23)21-17-19-13(9-25-17)7-14-20-15(22-24-14)12-5-3-11(8-18)4-6-12;/h3-6,9-10H,7-8,18H2,1-2H3,(H,19,21,23);1H. The molecule has 0 unspecified atom stereocenters. The van der Waals surface area contributed by atoms with Crippen molar-refractivity contribution in [2.24, 2.45) is 11.7 Å². The average molecular weight is 394 g/mol. The number of amides is 1. The van der Waals surface area contributed by atoms with Crippen LogP contribution >= 0.6 is 23.7 Å². The highest BCUT2D eigenvalue weighted by Crippen LogP contribution is 2.20. The molecule has 0 aliphatic carbocycles. The number of hydrogen-bond acceptors (Lipinski definition) is 7. The Balaban J connectivity index is 0.00000243. The van der Waals surface area contributed by atoms with Gasteiger partial charge in [0.15, 0.2) is 5.13 Å². The van der Waals surface area contributed by atoms with Crippen LogP contribution in [0.5, 0.6) is 0 Å². The van der Waals surface area contributed by atoms with Gasteiger partial charge in [-0.1, -0.05) is 43.3 Å². The SMILES string of the molecule is CC(C)C(=O)Nc1nc(Cc2nc(-c3ccc(CN)cc3)no2)cs1.Cl. The van der Waals surface area contributed by atoms with Crippen molar-refractivity contribution in [3.8, 4) is 11.4 Å². The van der Waals surface area contributed by atoms with Crippen LogP contribution in [0.3, 0.4) is 0 Å². The lowest BCUT2D eigenvalue weighted by Crippen LogP contribution is -2.17.